The monoisotopic (exact) mass is 288 g/mol. The molecular weight excluding hydrogens is 281 g/mol. The van der Waals surface area contributed by atoms with Crippen LogP contribution in [0.15, 0.2) is 36.4 Å². The number of hydrogen-bond donors (Lipinski definition) is 0. The highest BCUT2D eigenvalue weighted by Crippen LogP contribution is 2.37. The summed E-state index contributed by atoms with van der Waals surface area (Å²) >= 11 is 5.53. The molecule has 0 saturated heterocycles. The second-order valence-corrected chi connectivity index (χ2v) is 3.86. The van der Waals surface area contributed by atoms with E-state index in [0.29, 0.717) is 5.69 Å². The molecule has 0 saturated carbocycles. The molecular formula is C12H8ClF3N2O. The number of ether oxygens (including phenoxy) is 1. The Hall–Kier alpha value is -1.82. The summed E-state index contributed by atoms with van der Waals surface area (Å²) in [6, 6.07) is 7.85. The molecule has 1 aromatic carbocycles. The highest BCUT2D eigenvalue weighted by atomic mass is 35.5. The normalized spacial score (nSPS) is 11.4. The minimum atomic E-state index is -4.49. The van der Waals surface area contributed by atoms with Crippen molar-refractivity contribution in [2.24, 2.45) is 0 Å². The predicted molar refractivity (Wildman–Crippen MR) is 63.1 cm³/mol. The number of aromatic nitrogens is 2. The Morgan fingerprint density at radius 1 is 1.05 bits per heavy atom. The highest BCUT2D eigenvalue weighted by Gasteiger charge is 2.34. The van der Waals surface area contributed by atoms with E-state index >= 15 is 0 Å². The SMILES string of the molecule is FC(F)(F)c1ccccc1Oc1ccc(CCl)nn1. The molecule has 1 heterocycles. The zero-order valence-corrected chi connectivity index (χ0v) is 10.2. The number of rotatable bonds is 3. The molecule has 0 aliphatic carbocycles. The third-order valence-corrected chi connectivity index (χ3v) is 2.51. The van der Waals surface area contributed by atoms with Crippen molar-refractivity contribution in [3.05, 3.63) is 47.7 Å². The van der Waals surface area contributed by atoms with Gasteiger partial charge in [-0.15, -0.1) is 16.7 Å². The number of alkyl halides is 4. The Kier molecular flexibility index (Phi) is 3.90. The molecule has 0 radical (unpaired) electrons. The molecule has 19 heavy (non-hydrogen) atoms. The molecule has 0 bridgehead atoms. The van der Waals surface area contributed by atoms with Crippen LogP contribution in [0.25, 0.3) is 0 Å². The van der Waals surface area contributed by atoms with Gasteiger partial charge in [-0.25, -0.2) is 0 Å². The Labute approximate surface area is 112 Å². The van der Waals surface area contributed by atoms with Crippen molar-refractivity contribution in [1.82, 2.24) is 10.2 Å². The summed E-state index contributed by atoms with van der Waals surface area (Å²) in [6.45, 7) is 0. The first-order valence-electron chi connectivity index (χ1n) is 5.23. The molecule has 2 rings (SSSR count). The number of benzene rings is 1. The van der Waals surface area contributed by atoms with Crippen molar-refractivity contribution in [2.75, 3.05) is 0 Å². The maximum Gasteiger partial charge on any atom is 0.419 e. The first kappa shape index (κ1) is 13.6. The fraction of sp³-hybridized carbons (Fsp3) is 0.167. The van der Waals surface area contributed by atoms with Gasteiger partial charge in [0, 0.05) is 6.07 Å². The summed E-state index contributed by atoms with van der Waals surface area (Å²) in [5, 5.41) is 7.34. The van der Waals surface area contributed by atoms with Crippen molar-refractivity contribution >= 4 is 11.6 Å². The van der Waals surface area contributed by atoms with E-state index in [1.807, 2.05) is 0 Å². The maximum atomic E-state index is 12.7. The predicted octanol–water partition coefficient (Wildman–Crippen LogP) is 4.03. The second-order valence-electron chi connectivity index (χ2n) is 3.59. The zero-order valence-electron chi connectivity index (χ0n) is 9.49. The van der Waals surface area contributed by atoms with E-state index in [0.717, 1.165) is 6.07 Å². The van der Waals surface area contributed by atoms with E-state index in [1.165, 1.54) is 30.3 Å². The van der Waals surface area contributed by atoms with Crippen LogP contribution in [0.4, 0.5) is 13.2 Å². The van der Waals surface area contributed by atoms with Crippen molar-refractivity contribution in [3.8, 4) is 11.6 Å². The summed E-state index contributed by atoms with van der Waals surface area (Å²) in [5.41, 5.74) is -0.351. The van der Waals surface area contributed by atoms with Crippen LogP contribution in [0.2, 0.25) is 0 Å². The Bertz CT molecular complexity index is 558. The molecule has 0 N–H and O–H groups in total. The average molecular weight is 289 g/mol. The van der Waals surface area contributed by atoms with Gasteiger partial charge in [0.25, 0.3) is 0 Å². The van der Waals surface area contributed by atoms with Gasteiger partial charge in [0.2, 0.25) is 5.88 Å². The van der Waals surface area contributed by atoms with Crippen LogP contribution >= 0.6 is 11.6 Å². The Balaban J connectivity index is 2.28. The molecule has 0 aliphatic rings. The van der Waals surface area contributed by atoms with Crippen LogP contribution in [0.3, 0.4) is 0 Å². The summed E-state index contributed by atoms with van der Waals surface area (Å²) in [5.74, 6) is -0.166. The lowest BCUT2D eigenvalue weighted by atomic mass is 10.2. The topological polar surface area (TPSA) is 35.0 Å². The molecule has 0 spiro atoms. The minimum Gasteiger partial charge on any atom is -0.437 e. The lowest BCUT2D eigenvalue weighted by molar-refractivity contribution is -0.138. The van der Waals surface area contributed by atoms with Crippen LogP contribution in [0, 0.1) is 0 Å². The van der Waals surface area contributed by atoms with Crippen LogP contribution in [0.1, 0.15) is 11.3 Å². The van der Waals surface area contributed by atoms with Gasteiger partial charge in [-0.2, -0.15) is 18.3 Å². The largest absolute Gasteiger partial charge is 0.437 e. The van der Waals surface area contributed by atoms with Crippen LogP contribution < -0.4 is 4.74 Å². The fourth-order valence-electron chi connectivity index (χ4n) is 1.38. The molecule has 0 aliphatic heterocycles. The third kappa shape index (κ3) is 3.35. The zero-order chi connectivity index (χ0) is 13.9. The maximum absolute atomic E-state index is 12.7. The Morgan fingerprint density at radius 2 is 1.79 bits per heavy atom. The van der Waals surface area contributed by atoms with Gasteiger partial charge in [-0.1, -0.05) is 12.1 Å². The summed E-state index contributed by atoms with van der Waals surface area (Å²) in [4.78, 5) is 0. The fourth-order valence-corrected chi connectivity index (χ4v) is 1.52. The smallest absolute Gasteiger partial charge is 0.419 e. The summed E-state index contributed by atoms with van der Waals surface area (Å²) in [6.07, 6.45) is -4.49. The second kappa shape index (κ2) is 5.44. The summed E-state index contributed by atoms with van der Waals surface area (Å²) in [7, 11) is 0. The van der Waals surface area contributed by atoms with Gasteiger partial charge in [0.05, 0.1) is 17.1 Å². The third-order valence-electron chi connectivity index (χ3n) is 2.24. The Morgan fingerprint density at radius 3 is 2.37 bits per heavy atom. The van der Waals surface area contributed by atoms with Crippen LogP contribution in [0.5, 0.6) is 11.6 Å². The number of hydrogen-bond acceptors (Lipinski definition) is 3. The van der Waals surface area contributed by atoms with E-state index in [2.05, 4.69) is 10.2 Å². The molecule has 1 aromatic heterocycles. The first-order valence-corrected chi connectivity index (χ1v) is 5.77. The van der Waals surface area contributed by atoms with Crippen molar-refractivity contribution in [2.45, 2.75) is 12.1 Å². The van der Waals surface area contributed by atoms with Gasteiger partial charge in [-0.05, 0) is 18.2 Å². The molecule has 0 amide bonds. The van der Waals surface area contributed by atoms with E-state index in [1.54, 1.807) is 0 Å². The molecule has 100 valence electrons. The van der Waals surface area contributed by atoms with Crippen molar-refractivity contribution in [3.63, 3.8) is 0 Å². The average Bonchev–Trinajstić information content (AvgIpc) is 2.39. The van der Waals surface area contributed by atoms with Gasteiger partial charge in [0.15, 0.2) is 0 Å². The number of para-hydroxylation sites is 1. The van der Waals surface area contributed by atoms with Crippen molar-refractivity contribution < 1.29 is 17.9 Å². The number of nitrogens with zero attached hydrogens (tertiary/aromatic N) is 2. The van der Waals surface area contributed by atoms with Gasteiger partial charge < -0.3 is 4.74 Å². The van der Waals surface area contributed by atoms with Crippen LogP contribution in [-0.4, -0.2) is 10.2 Å². The van der Waals surface area contributed by atoms with Gasteiger partial charge >= 0.3 is 6.18 Å². The molecule has 0 unspecified atom stereocenters. The lowest BCUT2D eigenvalue weighted by Gasteiger charge is -2.12. The van der Waals surface area contributed by atoms with E-state index in [4.69, 9.17) is 16.3 Å². The van der Waals surface area contributed by atoms with Crippen molar-refractivity contribution in [1.29, 1.82) is 0 Å². The van der Waals surface area contributed by atoms with Gasteiger partial charge in [0.1, 0.15) is 5.75 Å². The van der Waals surface area contributed by atoms with E-state index in [-0.39, 0.29) is 17.5 Å². The molecule has 0 atom stereocenters. The van der Waals surface area contributed by atoms with Crippen LogP contribution in [-0.2, 0) is 12.1 Å². The molecule has 3 nitrogen and oxygen atoms in total. The van der Waals surface area contributed by atoms with E-state index < -0.39 is 11.7 Å². The summed E-state index contributed by atoms with van der Waals surface area (Å²) < 4.78 is 43.3. The highest BCUT2D eigenvalue weighted by molar-refractivity contribution is 6.16. The van der Waals surface area contributed by atoms with Gasteiger partial charge in [-0.3, -0.25) is 0 Å². The quantitative estimate of drug-likeness (QED) is 0.800. The van der Waals surface area contributed by atoms with E-state index in [9.17, 15) is 13.2 Å². The minimum absolute atomic E-state index is 0.0226. The number of halogens is 4. The first-order chi connectivity index (χ1) is 9.00. The standard InChI is InChI=1S/C12H8ClF3N2O/c13-7-8-5-6-11(18-17-8)19-10-4-2-1-3-9(10)12(14,15)16/h1-6H,7H2. The lowest BCUT2D eigenvalue weighted by Crippen LogP contribution is -2.07. The molecule has 0 fully saturated rings. The molecule has 7 heteroatoms. The molecule has 2 aromatic rings.